The molecule has 2 rings (SSSR count). The minimum absolute atomic E-state index is 0.0972. The summed E-state index contributed by atoms with van der Waals surface area (Å²) >= 11 is 0. The second kappa shape index (κ2) is 6.01. The first-order valence-electron chi connectivity index (χ1n) is 7.63. The van der Waals surface area contributed by atoms with Crippen molar-refractivity contribution in [1.82, 2.24) is 0 Å². The third-order valence-electron chi connectivity index (χ3n) is 4.53. The summed E-state index contributed by atoms with van der Waals surface area (Å²) in [6.45, 7) is 8.79. The maximum atomic E-state index is 14.0. The molecule has 1 heteroatoms. The number of hydrogen-bond acceptors (Lipinski definition) is 0. The average Bonchev–Trinajstić information content (AvgIpc) is 2.47. The highest BCUT2D eigenvalue weighted by Gasteiger charge is 2.28. The normalized spacial score (nSPS) is 12.4. The highest BCUT2D eigenvalue weighted by molar-refractivity contribution is 5.27. The molecule has 0 heterocycles. The molecule has 0 amide bonds. The Bertz CT molecular complexity index is 582. The molecule has 0 aliphatic carbocycles. The lowest BCUT2D eigenvalue weighted by Gasteiger charge is -2.32. The van der Waals surface area contributed by atoms with E-state index in [2.05, 4.69) is 52.0 Å². The van der Waals surface area contributed by atoms with Crippen LogP contribution in [0.2, 0.25) is 0 Å². The van der Waals surface area contributed by atoms with Crippen LogP contribution in [0.4, 0.5) is 4.39 Å². The smallest absolute Gasteiger partial charge is 0.126 e. The van der Waals surface area contributed by atoms with Crippen LogP contribution < -0.4 is 0 Å². The molecule has 0 N–H and O–H groups in total. The van der Waals surface area contributed by atoms with E-state index in [-0.39, 0.29) is 16.6 Å². The van der Waals surface area contributed by atoms with Crippen molar-refractivity contribution in [1.29, 1.82) is 0 Å². The van der Waals surface area contributed by atoms with Crippen LogP contribution in [0.1, 0.15) is 51.7 Å². The second-order valence-electron chi connectivity index (χ2n) is 7.11. The molecule has 0 nitrogen and oxygen atoms in total. The average molecular weight is 284 g/mol. The van der Waals surface area contributed by atoms with E-state index in [1.165, 1.54) is 5.56 Å². The molecule has 112 valence electrons. The minimum Gasteiger partial charge on any atom is -0.207 e. The molecule has 0 bridgehead atoms. The van der Waals surface area contributed by atoms with Gasteiger partial charge in [0.1, 0.15) is 5.82 Å². The topological polar surface area (TPSA) is 0 Å². The molecule has 2 aromatic rings. The van der Waals surface area contributed by atoms with Gasteiger partial charge in [0.25, 0.3) is 0 Å². The van der Waals surface area contributed by atoms with Crippen LogP contribution in [0, 0.1) is 5.82 Å². The van der Waals surface area contributed by atoms with Gasteiger partial charge >= 0.3 is 0 Å². The summed E-state index contributed by atoms with van der Waals surface area (Å²) in [5.41, 5.74) is 2.10. The lowest BCUT2D eigenvalue weighted by Crippen LogP contribution is -2.25. The van der Waals surface area contributed by atoms with Crippen molar-refractivity contribution < 1.29 is 4.39 Å². The molecule has 0 saturated heterocycles. The zero-order valence-corrected chi connectivity index (χ0v) is 13.5. The van der Waals surface area contributed by atoms with Gasteiger partial charge in [-0.25, -0.2) is 4.39 Å². The lowest BCUT2D eigenvalue weighted by molar-refractivity contribution is 0.365. The first-order chi connectivity index (χ1) is 9.83. The molecule has 0 fully saturated rings. The van der Waals surface area contributed by atoms with Crippen LogP contribution in [-0.2, 0) is 10.8 Å². The van der Waals surface area contributed by atoms with Gasteiger partial charge in [-0.15, -0.1) is 0 Å². The number of rotatable bonds is 5. The standard InChI is InChI=1S/C20H25F/c1-19(2,16-10-6-5-7-11-16)14-15-20(3,4)17-12-8-9-13-18(17)21/h5-13H,14-15H2,1-4H3. The fourth-order valence-corrected chi connectivity index (χ4v) is 2.80. The zero-order chi connectivity index (χ0) is 15.5. The Morgan fingerprint density at radius 1 is 0.714 bits per heavy atom. The maximum absolute atomic E-state index is 14.0. The van der Waals surface area contributed by atoms with E-state index in [1.54, 1.807) is 12.1 Å². The number of halogens is 1. The Morgan fingerprint density at radius 3 is 1.86 bits per heavy atom. The SMILES string of the molecule is CC(C)(CCC(C)(C)c1ccccc1F)c1ccccc1. The van der Waals surface area contributed by atoms with Gasteiger partial charge in [-0.05, 0) is 40.9 Å². The van der Waals surface area contributed by atoms with Crippen LogP contribution >= 0.6 is 0 Å². The maximum Gasteiger partial charge on any atom is 0.126 e. The van der Waals surface area contributed by atoms with Crippen molar-refractivity contribution in [3.8, 4) is 0 Å². The van der Waals surface area contributed by atoms with Crippen molar-refractivity contribution in [3.05, 3.63) is 71.5 Å². The van der Waals surface area contributed by atoms with Gasteiger partial charge in [0.05, 0.1) is 0 Å². The summed E-state index contributed by atoms with van der Waals surface area (Å²) in [4.78, 5) is 0. The highest BCUT2D eigenvalue weighted by Crippen LogP contribution is 2.36. The molecule has 0 aliphatic heterocycles. The van der Waals surface area contributed by atoms with Crippen molar-refractivity contribution in [2.75, 3.05) is 0 Å². The van der Waals surface area contributed by atoms with E-state index < -0.39 is 0 Å². The largest absolute Gasteiger partial charge is 0.207 e. The molecule has 2 aromatic carbocycles. The number of benzene rings is 2. The third-order valence-corrected chi connectivity index (χ3v) is 4.53. The van der Waals surface area contributed by atoms with Crippen molar-refractivity contribution in [2.24, 2.45) is 0 Å². The molecule has 0 radical (unpaired) electrons. The zero-order valence-electron chi connectivity index (χ0n) is 13.5. The fraction of sp³-hybridized carbons (Fsp3) is 0.400. The molecular weight excluding hydrogens is 259 g/mol. The highest BCUT2D eigenvalue weighted by atomic mass is 19.1. The quantitative estimate of drug-likeness (QED) is 0.645. The Kier molecular flexibility index (Phi) is 4.51. The van der Waals surface area contributed by atoms with E-state index in [1.807, 2.05) is 18.2 Å². The van der Waals surface area contributed by atoms with Gasteiger partial charge < -0.3 is 0 Å². The van der Waals surface area contributed by atoms with Gasteiger partial charge in [0.15, 0.2) is 0 Å². The Balaban J connectivity index is 2.13. The summed E-state index contributed by atoms with van der Waals surface area (Å²) in [5, 5.41) is 0. The summed E-state index contributed by atoms with van der Waals surface area (Å²) in [5.74, 6) is -0.0972. The fourth-order valence-electron chi connectivity index (χ4n) is 2.80. The first kappa shape index (κ1) is 15.8. The van der Waals surface area contributed by atoms with Crippen LogP contribution in [0.5, 0.6) is 0 Å². The summed E-state index contributed by atoms with van der Waals surface area (Å²) in [6, 6.07) is 17.7. The predicted octanol–water partition coefficient (Wildman–Crippen LogP) is 5.86. The third kappa shape index (κ3) is 3.72. The van der Waals surface area contributed by atoms with Gasteiger partial charge in [-0.2, -0.15) is 0 Å². The summed E-state index contributed by atoms with van der Waals surface area (Å²) < 4.78 is 14.0. The van der Waals surface area contributed by atoms with E-state index >= 15 is 0 Å². The van der Waals surface area contributed by atoms with Crippen molar-refractivity contribution in [3.63, 3.8) is 0 Å². The Labute approximate surface area is 128 Å². The first-order valence-corrected chi connectivity index (χ1v) is 7.63. The minimum atomic E-state index is -0.155. The predicted molar refractivity (Wildman–Crippen MR) is 88.1 cm³/mol. The van der Waals surface area contributed by atoms with Gasteiger partial charge in [-0.3, -0.25) is 0 Å². The van der Waals surface area contributed by atoms with Crippen LogP contribution in [0.25, 0.3) is 0 Å². The number of hydrogen-bond donors (Lipinski definition) is 0. The van der Waals surface area contributed by atoms with Crippen LogP contribution in [0.3, 0.4) is 0 Å². The van der Waals surface area contributed by atoms with Crippen LogP contribution in [-0.4, -0.2) is 0 Å². The Morgan fingerprint density at radius 2 is 1.24 bits per heavy atom. The monoisotopic (exact) mass is 284 g/mol. The molecule has 0 spiro atoms. The van der Waals surface area contributed by atoms with Gasteiger partial charge in [-0.1, -0.05) is 76.2 Å². The molecular formula is C20H25F. The molecule has 0 unspecified atom stereocenters. The van der Waals surface area contributed by atoms with E-state index in [4.69, 9.17) is 0 Å². The van der Waals surface area contributed by atoms with Crippen molar-refractivity contribution in [2.45, 2.75) is 51.4 Å². The van der Waals surface area contributed by atoms with E-state index in [0.717, 1.165) is 18.4 Å². The molecule has 0 saturated carbocycles. The summed E-state index contributed by atoms with van der Waals surface area (Å²) in [7, 11) is 0. The molecule has 0 aromatic heterocycles. The Hall–Kier alpha value is -1.63. The lowest BCUT2D eigenvalue weighted by atomic mass is 9.73. The van der Waals surface area contributed by atoms with Crippen LogP contribution in [0.15, 0.2) is 54.6 Å². The summed E-state index contributed by atoms with van der Waals surface area (Å²) in [6.07, 6.45) is 1.98. The van der Waals surface area contributed by atoms with Crippen molar-refractivity contribution >= 4 is 0 Å². The molecule has 0 atom stereocenters. The molecule has 0 aliphatic rings. The second-order valence-corrected chi connectivity index (χ2v) is 7.11. The van der Waals surface area contributed by atoms with Gasteiger partial charge in [0, 0.05) is 0 Å². The van der Waals surface area contributed by atoms with E-state index in [9.17, 15) is 4.39 Å². The van der Waals surface area contributed by atoms with E-state index in [0.29, 0.717) is 0 Å². The van der Waals surface area contributed by atoms with Gasteiger partial charge in [0.2, 0.25) is 0 Å². The molecule has 21 heavy (non-hydrogen) atoms.